The number of phenols is 1. The zero-order valence-electron chi connectivity index (χ0n) is 27.4. The Bertz CT molecular complexity index is 1830. The molecule has 0 saturated carbocycles. The van der Waals surface area contributed by atoms with Crippen LogP contribution >= 0.6 is 23.2 Å². The first-order chi connectivity index (χ1) is 22.8. The standard InChI is InChI=1S/C36H40Cl2N6O4/c1-22(2)44(36(48)40-19-25-12-14-29(37)30(38)16-25)41(4)34-21-42(20-27-10-7-9-26-8-5-6-11-28(26)27)35(47)32(43(34)23(3)45)18-24-13-15-33(46)31(39)17-24/h5-17,22,32,34,46H,18-21,39H2,1-4H3,(H,40,48)/t32-,34+/m0/s1. The number of carbonyl (C=O) groups excluding carboxylic acids is 3. The minimum atomic E-state index is -0.907. The maximum Gasteiger partial charge on any atom is 0.332 e. The zero-order chi connectivity index (χ0) is 34.7. The number of aromatic hydroxyl groups is 1. The monoisotopic (exact) mass is 690 g/mol. The number of halogens is 2. The van der Waals surface area contributed by atoms with E-state index in [1.165, 1.54) is 13.0 Å². The molecule has 1 aliphatic rings. The van der Waals surface area contributed by atoms with Crippen LogP contribution in [0.1, 0.15) is 37.5 Å². The van der Waals surface area contributed by atoms with Crippen molar-refractivity contribution in [2.45, 2.75) is 58.5 Å². The summed E-state index contributed by atoms with van der Waals surface area (Å²) in [6.45, 7) is 5.84. The van der Waals surface area contributed by atoms with Crippen molar-refractivity contribution in [1.82, 2.24) is 25.1 Å². The summed E-state index contributed by atoms with van der Waals surface area (Å²) in [5, 5.41) is 19.2. The Labute approximate surface area is 290 Å². The number of nitrogens with one attached hydrogen (secondary N) is 1. The lowest BCUT2D eigenvalue weighted by molar-refractivity contribution is -0.174. The van der Waals surface area contributed by atoms with Gasteiger partial charge in [0.05, 0.1) is 22.3 Å². The average molecular weight is 692 g/mol. The van der Waals surface area contributed by atoms with Crippen LogP contribution in [0, 0.1) is 0 Å². The van der Waals surface area contributed by atoms with Crippen LogP contribution < -0.4 is 11.1 Å². The van der Waals surface area contributed by atoms with Gasteiger partial charge in [0, 0.05) is 39.5 Å². The van der Waals surface area contributed by atoms with Crippen LogP contribution in [0.4, 0.5) is 10.5 Å². The molecule has 0 radical (unpaired) electrons. The minimum absolute atomic E-state index is 0.0632. The SMILES string of the molecule is CC(=O)N1[C@@H](Cc2ccc(O)c(N)c2)C(=O)N(Cc2cccc3ccccc23)C[C@@H]1N(C)N(C(=O)NCc1ccc(Cl)c(Cl)c1)C(C)C. The molecular weight excluding hydrogens is 651 g/mol. The van der Waals surface area contributed by atoms with Gasteiger partial charge >= 0.3 is 6.03 Å². The van der Waals surface area contributed by atoms with Crippen LogP contribution in [0.25, 0.3) is 10.8 Å². The predicted molar refractivity (Wildman–Crippen MR) is 189 cm³/mol. The van der Waals surface area contributed by atoms with Crippen LogP contribution in [-0.2, 0) is 29.1 Å². The van der Waals surface area contributed by atoms with E-state index in [1.807, 2.05) is 56.3 Å². The van der Waals surface area contributed by atoms with Gasteiger partial charge in [0.15, 0.2) is 0 Å². The summed E-state index contributed by atoms with van der Waals surface area (Å²) in [4.78, 5) is 44.9. The van der Waals surface area contributed by atoms with E-state index in [0.29, 0.717) is 22.2 Å². The van der Waals surface area contributed by atoms with Gasteiger partial charge in [-0.05, 0) is 65.6 Å². The number of amides is 4. The highest BCUT2D eigenvalue weighted by Crippen LogP contribution is 2.30. The number of hydrazine groups is 1. The number of nitrogens with two attached hydrogens (primary N) is 1. The molecule has 4 amide bonds. The quantitative estimate of drug-likeness (QED) is 0.112. The largest absolute Gasteiger partial charge is 0.506 e. The maximum atomic E-state index is 14.4. The van der Waals surface area contributed by atoms with Crippen LogP contribution in [0.3, 0.4) is 0 Å². The number of benzene rings is 4. The second kappa shape index (κ2) is 14.7. The lowest BCUT2D eigenvalue weighted by Crippen LogP contribution is -2.71. The molecule has 0 aliphatic carbocycles. The van der Waals surface area contributed by atoms with Crippen LogP contribution in [0.5, 0.6) is 5.75 Å². The van der Waals surface area contributed by atoms with Gasteiger partial charge in [0.1, 0.15) is 18.0 Å². The summed E-state index contributed by atoms with van der Waals surface area (Å²) < 4.78 is 0. The van der Waals surface area contributed by atoms with E-state index in [2.05, 4.69) is 5.32 Å². The molecule has 1 fully saturated rings. The fourth-order valence-corrected chi connectivity index (χ4v) is 6.67. The van der Waals surface area contributed by atoms with Gasteiger partial charge in [0.25, 0.3) is 0 Å². The number of rotatable bonds is 9. The van der Waals surface area contributed by atoms with Crippen LogP contribution in [0.2, 0.25) is 10.0 Å². The normalized spacial score (nSPS) is 16.5. The topological polar surface area (TPSA) is 122 Å². The first-order valence-electron chi connectivity index (χ1n) is 15.7. The van der Waals surface area contributed by atoms with E-state index in [0.717, 1.165) is 21.9 Å². The Morgan fingerprint density at radius 3 is 2.40 bits per heavy atom. The molecule has 0 aromatic heterocycles. The van der Waals surface area contributed by atoms with Gasteiger partial charge < -0.3 is 26.0 Å². The van der Waals surface area contributed by atoms with Crippen molar-refractivity contribution in [2.24, 2.45) is 0 Å². The first kappa shape index (κ1) is 34.8. The van der Waals surface area contributed by atoms with Crippen molar-refractivity contribution in [2.75, 3.05) is 19.3 Å². The Balaban J connectivity index is 1.50. The smallest absolute Gasteiger partial charge is 0.332 e. The van der Waals surface area contributed by atoms with Crippen molar-refractivity contribution < 1.29 is 19.5 Å². The molecular formula is C36H40Cl2N6O4. The molecule has 5 rings (SSSR count). The highest BCUT2D eigenvalue weighted by molar-refractivity contribution is 6.42. The third kappa shape index (κ3) is 7.46. The average Bonchev–Trinajstić information content (AvgIpc) is 3.04. The molecule has 1 aliphatic heterocycles. The number of hydrogen-bond acceptors (Lipinski definition) is 6. The molecule has 10 nitrogen and oxygen atoms in total. The lowest BCUT2D eigenvalue weighted by atomic mass is 9.98. The molecule has 1 heterocycles. The number of anilines is 1. The Morgan fingerprint density at radius 1 is 1.00 bits per heavy atom. The van der Waals surface area contributed by atoms with E-state index < -0.39 is 12.2 Å². The first-order valence-corrected chi connectivity index (χ1v) is 16.5. The molecule has 12 heteroatoms. The van der Waals surface area contributed by atoms with Crippen molar-refractivity contribution in [3.63, 3.8) is 0 Å². The molecule has 4 aromatic rings. The Kier molecular flexibility index (Phi) is 10.7. The Hall–Kier alpha value is -4.51. The number of hydrogen-bond donors (Lipinski definition) is 3. The maximum absolute atomic E-state index is 14.4. The fourth-order valence-electron chi connectivity index (χ4n) is 6.35. The van der Waals surface area contributed by atoms with Crippen molar-refractivity contribution in [3.8, 4) is 5.75 Å². The summed E-state index contributed by atoms with van der Waals surface area (Å²) in [7, 11) is 1.75. The molecule has 0 bridgehead atoms. The number of phenolic OH excluding ortho intramolecular Hbond substituents is 1. The van der Waals surface area contributed by atoms with Gasteiger partial charge in [-0.2, -0.15) is 5.01 Å². The molecule has 1 saturated heterocycles. The van der Waals surface area contributed by atoms with E-state index in [1.54, 1.807) is 57.2 Å². The van der Waals surface area contributed by atoms with Gasteiger partial charge in [0.2, 0.25) is 11.8 Å². The molecule has 0 spiro atoms. The number of nitrogens with zero attached hydrogens (tertiary/aromatic N) is 4. The second-order valence-corrected chi connectivity index (χ2v) is 13.1. The van der Waals surface area contributed by atoms with E-state index >= 15 is 0 Å². The van der Waals surface area contributed by atoms with E-state index in [9.17, 15) is 19.5 Å². The van der Waals surface area contributed by atoms with E-state index in [-0.39, 0.29) is 54.8 Å². The summed E-state index contributed by atoms with van der Waals surface area (Å²) in [5.41, 5.74) is 8.60. The van der Waals surface area contributed by atoms with Crippen LogP contribution in [0.15, 0.2) is 78.9 Å². The van der Waals surface area contributed by atoms with E-state index in [4.69, 9.17) is 28.9 Å². The number of carbonyl (C=O) groups is 3. The Morgan fingerprint density at radius 2 is 1.71 bits per heavy atom. The van der Waals surface area contributed by atoms with Crippen molar-refractivity contribution in [3.05, 3.63) is 106 Å². The third-order valence-corrected chi connectivity index (χ3v) is 9.40. The third-order valence-electron chi connectivity index (χ3n) is 8.66. The second-order valence-electron chi connectivity index (χ2n) is 12.3. The number of fused-ring (bicyclic) bond motifs is 1. The number of nitrogen functional groups attached to an aromatic ring is 1. The summed E-state index contributed by atoms with van der Waals surface area (Å²) in [6, 6.07) is 22.3. The molecule has 4 aromatic carbocycles. The molecule has 2 atom stereocenters. The molecule has 252 valence electrons. The van der Waals surface area contributed by atoms with Gasteiger partial charge in [-0.1, -0.05) is 77.8 Å². The van der Waals surface area contributed by atoms with Gasteiger partial charge in [-0.15, -0.1) is 0 Å². The molecule has 0 unspecified atom stereocenters. The number of piperazine rings is 1. The minimum Gasteiger partial charge on any atom is -0.506 e. The molecule has 48 heavy (non-hydrogen) atoms. The number of urea groups is 1. The summed E-state index contributed by atoms with van der Waals surface area (Å²) >= 11 is 12.3. The van der Waals surface area contributed by atoms with Crippen LogP contribution in [-0.4, -0.2) is 74.6 Å². The lowest BCUT2D eigenvalue weighted by Gasteiger charge is -2.51. The predicted octanol–water partition coefficient (Wildman–Crippen LogP) is 6.03. The van der Waals surface area contributed by atoms with Crippen molar-refractivity contribution in [1.29, 1.82) is 0 Å². The summed E-state index contributed by atoms with van der Waals surface area (Å²) in [6.07, 6.45) is -0.544. The fraction of sp³-hybridized carbons (Fsp3) is 0.306. The zero-order valence-corrected chi connectivity index (χ0v) is 28.9. The van der Waals surface area contributed by atoms with Gasteiger partial charge in [-0.25, -0.2) is 4.79 Å². The summed E-state index contributed by atoms with van der Waals surface area (Å²) in [5.74, 6) is -0.608. The van der Waals surface area contributed by atoms with Crippen molar-refractivity contribution >= 4 is 57.5 Å². The molecule has 4 N–H and O–H groups in total. The van der Waals surface area contributed by atoms with Gasteiger partial charge in [-0.3, -0.25) is 14.6 Å². The number of likely N-dealkylation sites (N-methyl/N-ethyl adjacent to an activating group) is 1. The highest BCUT2D eigenvalue weighted by Gasteiger charge is 2.45. The highest BCUT2D eigenvalue weighted by atomic mass is 35.5.